The minimum Gasteiger partial charge on any atom is -0.409 e. The molecule has 1 heterocycles. The van der Waals surface area contributed by atoms with E-state index in [0.29, 0.717) is 12.2 Å². The topological polar surface area (TPSA) is 83.5 Å². The largest absolute Gasteiger partial charge is 0.409 e. The third kappa shape index (κ3) is 2.88. The van der Waals surface area contributed by atoms with Crippen LogP contribution >= 0.6 is 0 Å². The minimum absolute atomic E-state index is 0.0175. The van der Waals surface area contributed by atoms with E-state index in [1.807, 2.05) is 18.2 Å². The maximum absolute atomic E-state index is 8.79. The number of aromatic nitrogens is 1. The van der Waals surface area contributed by atoms with Crippen molar-refractivity contribution in [3.63, 3.8) is 0 Å². The van der Waals surface area contributed by atoms with Gasteiger partial charge >= 0.3 is 0 Å². The number of anilines is 1. The number of benzene rings is 1. The Morgan fingerprint density at radius 1 is 1.25 bits per heavy atom. The molecule has 0 bridgehead atoms. The normalized spacial score (nSPS) is 11.4. The lowest BCUT2D eigenvalue weighted by atomic mass is 10.1. The van der Waals surface area contributed by atoms with Gasteiger partial charge in [-0.15, -0.1) is 0 Å². The van der Waals surface area contributed by atoms with Crippen molar-refractivity contribution < 1.29 is 5.21 Å². The number of amidine groups is 1. The number of hydrogen-bond acceptors (Lipinski definition) is 4. The molecule has 1 aromatic carbocycles. The second-order valence-corrected chi connectivity index (χ2v) is 4.62. The molecule has 0 aliphatic heterocycles. The zero-order valence-corrected chi connectivity index (χ0v) is 11.6. The highest BCUT2D eigenvalue weighted by atomic mass is 16.4. The molecular weight excluding hydrogens is 252 g/mol. The second kappa shape index (κ2) is 6.06. The number of hydrogen-bond donors (Lipinski definition) is 3. The van der Waals surface area contributed by atoms with Gasteiger partial charge in [0.2, 0.25) is 0 Å². The van der Waals surface area contributed by atoms with Crippen LogP contribution in [0.25, 0.3) is 0 Å². The van der Waals surface area contributed by atoms with Gasteiger partial charge in [-0.1, -0.05) is 29.4 Å². The van der Waals surface area contributed by atoms with Crippen molar-refractivity contribution in [3.8, 4) is 0 Å². The first-order valence-corrected chi connectivity index (χ1v) is 6.35. The predicted molar refractivity (Wildman–Crippen MR) is 80.0 cm³/mol. The lowest BCUT2D eigenvalue weighted by Crippen LogP contribution is -2.18. The molecule has 104 valence electrons. The molecule has 4 N–H and O–H groups in total. The fourth-order valence-electron chi connectivity index (χ4n) is 2.14. The van der Waals surface area contributed by atoms with E-state index < -0.39 is 0 Å². The molecule has 0 spiro atoms. The van der Waals surface area contributed by atoms with Gasteiger partial charge in [-0.3, -0.25) is 4.98 Å². The third-order valence-corrected chi connectivity index (χ3v) is 3.18. The number of aryl methyl sites for hydroxylation is 2. The van der Waals surface area contributed by atoms with Gasteiger partial charge < -0.3 is 16.3 Å². The van der Waals surface area contributed by atoms with E-state index in [9.17, 15) is 0 Å². The molecule has 0 aliphatic carbocycles. The molecule has 1 aromatic heterocycles. The Morgan fingerprint density at radius 2 is 1.95 bits per heavy atom. The second-order valence-electron chi connectivity index (χ2n) is 4.62. The van der Waals surface area contributed by atoms with Crippen molar-refractivity contribution >= 4 is 11.5 Å². The third-order valence-electron chi connectivity index (χ3n) is 3.18. The van der Waals surface area contributed by atoms with Gasteiger partial charge in [-0.05, 0) is 31.0 Å². The molecule has 2 aromatic rings. The van der Waals surface area contributed by atoms with E-state index in [1.165, 1.54) is 11.1 Å². The SMILES string of the molecule is Cc1cccc(C)c1NCc1cccnc1C(N)=NO. The monoisotopic (exact) mass is 270 g/mol. The van der Waals surface area contributed by atoms with Crippen molar-refractivity contribution in [2.45, 2.75) is 20.4 Å². The highest BCUT2D eigenvalue weighted by molar-refractivity contribution is 5.96. The van der Waals surface area contributed by atoms with E-state index in [0.717, 1.165) is 11.3 Å². The summed E-state index contributed by atoms with van der Waals surface area (Å²) in [5.41, 5.74) is 10.5. The van der Waals surface area contributed by atoms with Crippen LogP contribution in [0, 0.1) is 13.8 Å². The van der Waals surface area contributed by atoms with E-state index in [4.69, 9.17) is 10.9 Å². The quantitative estimate of drug-likeness (QED) is 0.345. The lowest BCUT2D eigenvalue weighted by Gasteiger charge is -2.14. The van der Waals surface area contributed by atoms with Gasteiger partial charge in [0, 0.05) is 24.0 Å². The van der Waals surface area contributed by atoms with Crippen LogP contribution in [-0.2, 0) is 6.54 Å². The van der Waals surface area contributed by atoms with Crippen molar-refractivity contribution in [3.05, 3.63) is 58.9 Å². The molecular formula is C15H18N4O. The van der Waals surface area contributed by atoms with Crippen LogP contribution in [0.1, 0.15) is 22.4 Å². The molecule has 0 fully saturated rings. The maximum Gasteiger partial charge on any atom is 0.189 e. The van der Waals surface area contributed by atoms with Crippen LogP contribution in [0.2, 0.25) is 0 Å². The summed E-state index contributed by atoms with van der Waals surface area (Å²) in [6, 6.07) is 9.88. The Balaban J connectivity index is 2.24. The molecule has 0 radical (unpaired) electrons. The summed E-state index contributed by atoms with van der Waals surface area (Å²) in [4.78, 5) is 4.15. The van der Waals surface area contributed by atoms with Crippen molar-refractivity contribution in [2.75, 3.05) is 5.32 Å². The number of oxime groups is 1. The summed E-state index contributed by atoms with van der Waals surface area (Å²) in [6.45, 7) is 4.68. The van der Waals surface area contributed by atoms with Crippen LogP contribution < -0.4 is 11.1 Å². The van der Waals surface area contributed by atoms with E-state index in [-0.39, 0.29) is 5.84 Å². The summed E-state index contributed by atoms with van der Waals surface area (Å²) in [5, 5.41) is 15.2. The van der Waals surface area contributed by atoms with Crippen LogP contribution in [-0.4, -0.2) is 16.0 Å². The summed E-state index contributed by atoms with van der Waals surface area (Å²) in [7, 11) is 0. The van der Waals surface area contributed by atoms with Gasteiger partial charge in [0.15, 0.2) is 5.84 Å². The van der Waals surface area contributed by atoms with Gasteiger partial charge in [0.25, 0.3) is 0 Å². The summed E-state index contributed by atoms with van der Waals surface area (Å²) in [5.74, 6) is 0.0175. The standard InChI is InChI=1S/C15H18N4O/c1-10-5-3-6-11(2)13(10)18-9-12-7-4-8-17-14(12)15(16)19-20/h3-8,18,20H,9H2,1-2H3,(H2,16,19). The summed E-state index contributed by atoms with van der Waals surface area (Å²) in [6.07, 6.45) is 1.62. The van der Waals surface area contributed by atoms with Gasteiger partial charge in [-0.2, -0.15) is 0 Å². The average molecular weight is 270 g/mol. The number of pyridine rings is 1. The van der Waals surface area contributed by atoms with E-state index in [2.05, 4.69) is 41.4 Å². The smallest absolute Gasteiger partial charge is 0.189 e. The molecule has 0 saturated heterocycles. The number of nitrogens with zero attached hydrogens (tertiary/aromatic N) is 2. The Bertz CT molecular complexity index is 617. The van der Waals surface area contributed by atoms with E-state index in [1.54, 1.807) is 6.20 Å². The van der Waals surface area contributed by atoms with Crippen LogP contribution in [0.3, 0.4) is 0 Å². The van der Waals surface area contributed by atoms with Crippen LogP contribution in [0.5, 0.6) is 0 Å². The Labute approximate surface area is 118 Å². The highest BCUT2D eigenvalue weighted by Crippen LogP contribution is 2.20. The lowest BCUT2D eigenvalue weighted by molar-refractivity contribution is 0.318. The van der Waals surface area contributed by atoms with Crippen LogP contribution in [0.15, 0.2) is 41.7 Å². The van der Waals surface area contributed by atoms with Crippen molar-refractivity contribution in [2.24, 2.45) is 10.9 Å². The van der Waals surface area contributed by atoms with Crippen molar-refractivity contribution in [1.29, 1.82) is 0 Å². The molecule has 20 heavy (non-hydrogen) atoms. The molecule has 5 heteroatoms. The molecule has 0 atom stereocenters. The molecule has 0 unspecified atom stereocenters. The summed E-state index contributed by atoms with van der Waals surface area (Å²) < 4.78 is 0. The first-order chi connectivity index (χ1) is 9.63. The predicted octanol–water partition coefficient (Wildman–Crippen LogP) is 2.41. The Hall–Kier alpha value is -2.56. The van der Waals surface area contributed by atoms with Gasteiger partial charge in [0.1, 0.15) is 5.69 Å². The highest BCUT2D eigenvalue weighted by Gasteiger charge is 2.09. The molecule has 2 rings (SSSR count). The van der Waals surface area contributed by atoms with Gasteiger partial charge in [0.05, 0.1) is 0 Å². The number of nitrogens with one attached hydrogen (secondary N) is 1. The number of para-hydroxylation sites is 1. The fraction of sp³-hybridized carbons (Fsp3) is 0.200. The fourth-order valence-corrected chi connectivity index (χ4v) is 2.14. The number of rotatable bonds is 4. The first kappa shape index (κ1) is 13.9. The Morgan fingerprint density at radius 3 is 2.60 bits per heavy atom. The number of nitrogens with two attached hydrogens (primary N) is 1. The average Bonchev–Trinajstić information content (AvgIpc) is 2.46. The summed E-state index contributed by atoms with van der Waals surface area (Å²) >= 11 is 0. The first-order valence-electron chi connectivity index (χ1n) is 6.35. The van der Waals surface area contributed by atoms with E-state index >= 15 is 0 Å². The van der Waals surface area contributed by atoms with Crippen molar-refractivity contribution in [1.82, 2.24) is 4.98 Å². The van der Waals surface area contributed by atoms with Gasteiger partial charge in [-0.25, -0.2) is 0 Å². The zero-order chi connectivity index (χ0) is 14.5. The minimum atomic E-state index is 0.0175. The maximum atomic E-state index is 8.79. The molecule has 0 amide bonds. The van der Waals surface area contributed by atoms with Crippen LogP contribution in [0.4, 0.5) is 5.69 Å². The zero-order valence-electron chi connectivity index (χ0n) is 11.6. The molecule has 0 aliphatic rings. The molecule has 5 nitrogen and oxygen atoms in total. The Kier molecular flexibility index (Phi) is 4.20. The molecule has 0 saturated carbocycles.